The van der Waals surface area contributed by atoms with Gasteiger partial charge in [0, 0.05) is 13.1 Å². The van der Waals surface area contributed by atoms with Crippen molar-refractivity contribution in [3.05, 3.63) is 35.9 Å². The zero-order valence-electron chi connectivity index (χ0n) is 11.7. The quantitative estimate of drug-likeness (QED) is 0.689. The van der Waals surface area contributed by atoms with Crippen LogP contribution in [0.15, 0.2) is 30.3 Å². The molecule has 1 aromatic rings. The fourth-order valence-corrected chi connectivity index (χ4v) is 2.44. The fourth-order valence-electron chi connectivity index (χ4n) is 2.44. The molecule has 1 aromatic carbocycles. The Morgan fingerprint density at radius 1 is 1.11 bits per heavy atom. The molecule has 2 atom stereocenters. The van der Waals surface area contributed by atoms with E-state index < -0.39 is 0 Å². The van der Waals surface area contributed by atoms with Gasteiger partial charge in [-0.1, -0.05) is 44.2 Å². The van der Waals surface area contributed by atoms with E-state index in [0.29, 0.717) is 0 Å². The summed E-state index contributed by atoms with van der Waals surface area (Å²) in [5, 5.41) is 7.02. The van der Waals surface area contributed by atoms with Crippen LogP contribution in [0, 0.1) is 11.8 Å². The normalized spacial score (nSPS) is 22.4. The monoisotopic (exact) mass is 246 g/mol. The third-order valence-corrected chi connectivity index (χ3v) is 3.59. The average Bonchev–Trinajstić information content (AvgIpc) is 3.14. The van der Waals surface area contributed by atoms with Crippen LogP contribution in [0.1, 0.15) is 31.7 Å². The minimum Gasteiger partial charge on any atom is -0.315 e. The maximum absolute atomic E-state index is 3.56. The van der Waals surface area contributed by atoms with E-state index >= 15 is 0 Å². The second kappa shape index (κ2) is 6.91. The van der Waals surface area contributed by atoms with Crippen LogP contribution >= 0.6 is 0 Å². The van der Waals surface area contributed by atoms with Gasteiger partial charge in [-0.15, -0.1) is 0 Å². The fraction of sp³-hybridized carbons (Fsp3) is 0.625. The van der Waals surface area contributed by atoms with Crippen molar-refractivity contribution in [3.8, 4) is 0 Å². The molecule has 100 valence electrons. The third-order valence-electron chi connectivity index (χ3n) is 3.59. The number of hydrogen-bond donors (Lipinski definition) is 2. The lowest BCUT2D eigenvalue weighted by Crippen LogP contribution is -2.30. The van der Waals surface area contributed by atoms with E-state index in [2.05, 4.69) is 54.8 Å². The van der Waals surface area contributed by atoms with E-state index in [0.717, 1.165) is 37.4 Å². The molecule has 0 radical (unpaired) electrons. The Morgan fingerprint density at radius 3 is 2.56 bits per heavy atom. The highest BCUT2D eigenvalue weighted by Crippen LogP contribution is 2.46. The molecule has 0 heterocycles. The van der Waals surface area contributed by atoms with Crippen LogP contribution < -0.4 is 10.6 Å². The van der Waals surface area contributed by atoms with Gasteiger partial charge in [0.2, 0.25) is 0 Å². The van der Waals surface area contributed by atoms with Crippen molar-refractivity contribution in [3.63, 3.8) is 0 Å². The molecular formula is C16H26N2. The number of benzene rings is 1. The van der Waals surface area contributed by atoms with Gasteiger partial charge in [0.25, 0.3) is 0 Å². The molecule has 2 nitrogen and oxygen atoms in total. The SMILES string of the molecule is CC(C)CNCCNCC1CC1c1ccccc1. The van der Waals surface area contributed by atoms with Crippen molar-refractivity contribution in [2.45, 2.75) is 26.2 Å². The topological polar surface area (TPSA) is 24.1 Å². The molecule has 0 aromatic heterocycles. The molecule has 0 bridgehead atoms. The van der Waals surface area contributed by atoms with E-state index in [1.54, 1.807) is 0 Å². The highest BCUT2D eigenvalue weighted by atomic mass is 14.9. The molecule has 0 amide bonds. The lowest BCUT2D eigenvalue weighted by Gasteiger charge is -2.08. The minimum absolute atomic E-state index is 0.746. The van der Waals surface area contributed by atoms with Gasteiger partial charge in [0.15, 0.2) is 0 Å². The highest BCUT2D eigenvalue weighted by Gasteiger charge is 2.37. The first-order chi connectivity index (χ1) is 8.77. The van der Waals surface area contributed by atoms with E-state index in [1.165, 1.54) is 18.5 Å². The molecule has 1 saturated carbocycles. The van der Waals surface area contributed by atoms with E-state index in [1.807, 2.05) is 0 Å². The van der Waals surface area contributed by atoms with Crippen LogP contribution in [-0.2, 0) is 0 Å². The molecule has 0 spiro atoms. The van der Waals surface area contributed by atoms with Crippen LogP contribution in [0.3, 0.4) is 0 Å². The largest absolute Gasteiger partial charge is 0.315 e. The third kappa shape index (κ3) is 4.43. The summed E-state index contributed by atoms with van der Waals surface area (Å²) in [5.41, 5.74) is 1.52. The van der Waals surface area contributed by atoms with Crippen molar-refractivity contribution in [1.82, 2.24) is 10.6 Å². The lowest BCUT2D eigenvalue weighted by molar-refractivity contribution is 0.528. The number of nitrogens with one attached hydrogen (secondary N) is 2. The molecular weight excluding hydrogens is 220 g/mol. The second-order valence-corrected chi connectivity index (χ2v) is 5.82. The summed E-state index contributed by atoms with van der Waals surface area (Å²) in [7, 11) is 0. The van der Waals surface area contributed by atoms with Crippen molar-refractivity contribution in [2.75, 3.05) is 26.2 Å². The molecule has 18 heavy (non-hydrogen) atoms. The first-order valence-corrected chi connectivity index (χ1v) is 7.23. The Bertz CT molecular complexity index is 334. The Labute approximate surface area is 111 Å². The van der Waals surface area contributed by atoms with Gasteiger partial charge in [-0.3, -0.25) is 0 Å². The van der Waals surface area contributed by atoms with Crippen molar-refractivity contribution in [1.29, 1.82) is 0 Å². The maximum atomic E-state index is 3.56. The molecule has 1 aliphatic rings. The molecule has 2 rings (SSSR count). The highest BCUT2D eigenvalue weighted by molar-refractivity contribution is 5.25. The summed E-state index contributed by atoms with van der Waals surface area (Å²) in [6, 6.07) is 10.9. The Hall–Kier alpha value is -0.860. The van der Waals surface area contributed by atoms with E-state index in [-0.39, 0.29) is 0 Å². The predicted molar refractivity (Wildman–Crippen MR) is 77.9 cm³/mol. The summed E-state index contributed by atoms with van der Waals surface area (Å²) in [4.78, 5) is 0. The first kappa shape index (κ1) is 13.6. The van der Waals surface area contributed by atoms with Crippen molar-refractivity contribution in [2.24, 2.45) is 11.8 Å². The van der Waals surface area contributed by atoms with Crippen LogP contribution in [0.5, 0.6) is 0 Å². The smallest absolute Gasteiger partial charge is 0.00768 e. The summed E-state index contributed by atoms with van der Waals surface area (Å²) in [5.74, 6) is 2.41. The summed E-state index contributed by atoms with van der Waals surface area (Å²) >= 11 is 0. The second-order valence-electron chi connectivity index (χ2n) is 5.82. The van der Waals surface area contributed by atoms with Crippen LogP contribution in [0.2, 0.25) is 0 Å². The van der Waals surface area contributed by atoms with Gasteiger partial charge in [0.05, 0.1) is 0 Å². The van der Waals surface area contributed by atoms with Crippen LogP contribution in [0.4, 0.5) is 0 Å². The zero-order valence-corrected chi connectivity index (χ0v) is 11.7. The molecule has 2 unspecified atom stereocenters. The van der Waals surface area contributed by atoms with E-state index in [4.69, 9.17) is 0 Å². The molecule has 2 N–H and O–H groups in total. The minimum atomic E-state index is 0.746. The first-order valence-electron chi connectivity index (χ1n) is 7.23. The van der Waals surface area contributed by atoms with Gasteiger partial charge >= 0.3 is 0 Å². The van der Waals surface area contributed by atoms with Gasteiger partial charge in [-0.05, 0) is 42.8 Å². The Morgan fingerprint density at radius 2 is 1.83 bits per heavy atom. The number of hydrogen-bond acceptors (Lipinski definition) is 2. The van der Waals surface area contributed by atoms with Crippen molar-refractivity contribution >= 4 is 0 Å². The Kier molecular flexibility index (Phi) is 5.21. The predicted octanol–water partition coefficient (Wildman–Crippen LogP) is 2.63. The van der Waals surface area contributed by atoms with Crippen LogP contribution in [-0.4, -0.2) is 26.2 Å². The zero-order chi connectivity index (χ0) is 12.8. The molecule has 0 aliphatic heterocycles. The van der Waals surface area contributed by atoms with Gasteiger partial charge in [-0.2, -0.15) is 0 Å². The van der Waals surface area contributed by atoms with E-state index in [9.17, 15) is 0 Å². The standard InChI is InChI=1S/C16H26N2/c1-13(2)11-17-8-9-18-12-15-10-16(15)14-6-4-3-5-7-14/h3-7,13,15-18H,8-12H2,1-2H3. The number of rotatable bonds is 8. The van der Waals surface area contributed by atoms with Gasteiger partial charge in [-0.25, -0.2) is 0 Å². The Balaban J connectivity index is 1.52. The van der Waals surface area contributed by atoms with Crippen LogP contribution in [0.25, 0.3) is 0 Å². The molecule has 1 fully saturated rings. The van der Waals surface area contributed by atoms with Gasteiger partial charge < -0.3 is 10.6 Å². The molecule has 1 aliphatic carbocycles. The summed E-state index contributed by atoms with van der Waals surface area (Å²) in [6.45, 7) is 8.95. The summed E-state index contributed by atoms with van der Waals surface area (Å²) < 4.78 is 0. The van der Waals surface area contributed by atoms with Crippen molar-refractivity contribution < 1.29 is 0 Å². The lowest BCUT2D eigenvalue weighted by atomic mass is 10.1. The average molecular weight is 246 g/mol. The molecule has 2 heteroatoms. The maximum Gasteiger partial charge on any atom is 0.00768 e. The summed E-state index contributed by atoms with van der Waals surface area (Å²) in [6.07, 6.45) is 1.36. The molecule has 0 saturated heterocycles. The van der Waals surface area contributed by atoms with Gasteiger partial charge in [0.1, 0.15) is 0 Å².